The van der Waals surface area contributed by atoms with E-state index < -0.39 is 0 Å². The lowest BCUT2D eigenvalue weighted by atomic mass is 9.84. The highest BCUT2D eigenvalue weighted by Gasteiger charge is 2.36. The molecule has 3 aliphatic rings. The van der Waals surface area contributed by atoms with Gasteiger partial charge in [-0.2, -0.15) is 5.10 Å². The number of rotatable bonds is 8. The van der Waals surface area contributed by atoms with Crippen LogP contribution in [0.2, 0.25) is 0 Å². The van der Waals surface area contributed by atoms with Crippen molar-refractivity contribution in [3.63, 3.8) is 0 Å². The summed E-state index contributed by atoms with van der Waals surface area (Å²) in [5, 5.41) is 6.26. The van der Waals surface area contributed by atoms with Gasteiger partial charge in [0.25, 0.3) is 5.91 Å². The summed E-state index contributed by atoms with van der Waals surface area (Å²) in [6, 6.07) is 14.1. The van der Waals surface area contributed by atoms with E-state index in [-0.39, 0.29) is 36.1 Å². The fourth-order valence-corrected chi connectivity index (χ4v) is 5.11. The highest BCUT2D eigenvalue weighted by molar-refractivity contribution is 6.03. The molecule has 0 unspecified atom stereocenters. The first-order valence-corrected chi connectivity index (χ1v) is 13.3. The van der Waals surface area contributed by atoms with E-state index in [0.29, 0.717) is 26.2 Å². The average molecular weight is 507 g/mol. The van der Waals surface area contributed by atoms with Crippen molar-refractivity contribution in [2.24, 2.45) is 11.0 Å². The lowest BCUT2D eigenvalue weighted by Gasteiger charge is -2.34. The molecule has 2 fully saturated rings. The summed E-state index contributed by atoms with van der Waals surface area (Å²) in [6.07, 6.45) is 3.38. The molecular formula is C29H35FN4O3. The second-order valence-corrected chi connectivity index (χ2v) is 10.3. The number of morpholine rings is 1. The highest BCUT2D eigenvalue weighted by Crippen LogP contribution is 2.34. The molecule has 0 aromatic heterocycles. The van der Waals surface area contributed by atoms with Crippen LogP contribution >= 0.6 is 0 Å². The van der Waals surface area contributed by atoms with Gasteiger partial charge < -0.3 is 9.64 Å². The number of ether oxygens (including phenoxy) is 1. The fraction of sp³-hybridized carbons (Fsp3) is 0.483. The Bertz CT molecular complexity index is 1120. The zero-order valence-electron chi connectivity index (χ0n) is 21.4. The van der Waals surface area contributed by atoms with Crippen LogP contribution in [0.15, 0.2) is 53.6 Å². The molecule has 2 amide bonds. The van der Waals surface area contributed by atoms with Crippen molar-refractivity contribution in [1.29, 1.82) is 0 Å². The van der Waals surface area contributed by atoms with Crippen LogP contribution in [0.3, 0.4) is 0 Å². The molecule has 2 aromatic rings. The van der Waals surface area contributed by atoms with E-state index in [1.807, 2.05) is 31.2 Å². The first kappa shape index (κ1) is 25.5. The monoisotopic (exact) mass is 506 g/mol. The third-order valence-electron chi connectivity index (χ3n) is 7.69. The van der Waals surface area contributed by atoms with Crippen LogP contribution in [0, 0.1) is 18.7 Å². The normalized spacial score (nSPS) is 20.4. The van der Waals surface area contributed by atoms with E-state index in [2.05, 4.69) is 4.90 Å². The summed E-state index contributed by atoms with van der Waals surface area (Å²) in [6.45, 7) is 6.34. The minimum Gasteiger partial charge on any atom is -0.379 e. The Labute approximate surface area is 217 Å². The van der Waals surface area contributed by atoms with E-state index in [4.69, 9.17) is 9.84 Å². The molecule has 1 aliphatic carbocycles. The maximum absolute atomic E-state index is 13.8. The summed E-state index contributed by atoms with van der Waals surface area (Å²) in [5.41, 5.74) is 3.66. The number of hydrazone groups is 1. The van der Waals surface area contributed by atoms with E-state index in [1.165, 1.54) is 12.1 Å². The molecule has 1 saturated heterocycles. The summed E-state index contributed by atoms with van der Waals surface area (Å²) >= 11 is 0. The standard InChI is InChI=1S/C29H35FN4O3/c1-21-5-7-23(8-6-21)27-19-26(22-9-11-25(30)12-10-22)31-34(27)28(35)20-33(29(36)24-3-2-4-24)14-13-32-15-17-37-18-16-32/h5-12,24,27H,2-4,13-20H2,1H3/t27-/m1/s1. The van der Waals surface area contributed by atoms with E-state index >= 15 is 0 Å². The van der Waals surface area contributed by atoms with E-state index in [0.717, 1.165) is 61.3 Å². The Balaban J connectivity index is 1.36. The third kappa shape index (κ3) is 6.08. The second-order valence-electron chi connectivity index (χ2n) is 10.3. The number of carbonyl (C=O) groups excluding carboxylic acids is 2. The Hall–Kier alpha value is -3.10. The van der Waals surface area contributed by atoms with Crippen LogP contribution in [0.1, 0.15) is 48.4 Å². The van der Waals surface area contributed by atoms with Gasteiger partial charge in [-0.1, -0.05) is 48.4 Å². The number of halogens is 1. The smallest absolute Gasteiger partial charge is 0.262 e. The number of nitrogens with zero attached hydrogens (tertiary/aromatic N) is 4. The molecule has 2 aromatic carbocycles. The predicted molar refractivity (Wildman–Crippen MR) is 139 cm³/mol. The number of aryl methyl sites for hydroxylation is 1. The van der Waals surface area contributed by atoms with Crippen molar-refractivity contribution in [2.75, 3.05) is 45.9 Å². The van der Waals surface area contributed by atoms with Crippen LogP contribution < -0.4 is 0 Å². The maximum atomic E-state index is 13.8. The number of carbonyl (C=O) groups is 2. The first-order chi connectivity index (χ1) is 18.0. The molecule has 0 radical (unpaired) electrons. The summed E-state index contributed by atoms with van der Waals surface area (Å²) < 4.78 is 19.0. The molecule has 2 aliphatic heterocycles. The molecule has 0 bridgehead atoms. The summed E-state index contributed by atoms with van der Waals surface area (Å²) in [4.78, 5) is 31.1. The molecule has 2 heterocycles. The largest absolute Gasteiger partial charge is 0.379 e. The van der Waals surface area contributed by atoms with Gasteiger partial charge in [0, 0.05) is 38.5 Å². The Morgan fingerprint density at radius 3 is 2.41 bits per heavy atom. The van der Waals surface area contributed by atoms with Crippen LogP contribution in [-0.2, 0) is 14.3 Å². The van der Waals surface area contributed by atoms with Gasteiger partial charge in [0.2, 0.25) is 5.91 Å². The van der Waals surface area contributed by atoms with Crippen LogP contribution in [0.5, 0.6) is 0 Å². The Morgan fingerprint density at radius 2 is 1.76 bits per heavy atom. The second kappa shape index (κ2) is 11.5. The van der Waals surface area contributed by atoms with Crippen molar-refractivity contribution < 1.29 is 18.7 Å². The molecule has 0 spiro atoms. The first-order valence-electron chi connectivity index (χ1n) is 13.3. The number of hydrogen-bond acceptors (Lipinski definition) is 5. The van der Waals surface area contributed by atoms with E-state index in [1.54, 1.807) is 22.0 Å². The van der Waals surface area contributed by atoms with E-state index in [9.17, 15) is 14.0 Å². The fourth-order valence-electron chi connectivity index (χ4n) is 5.11. The quantitative estimate of drug-likeness (QED) is 0.547. The Kier molecular flexibility index (Phi) is 7.96. The van der Waals surface area contributed by atoms with Gasteiger partial charge in [0.1, 0.15) is 12.4 Å². The molecule has 8 heteroatoms. The van der Waals surface area contributed by atoms with Crippen molar-refractivity contribution in [2.45, 2.75) is 38.6 Å². The maximum Gasteiger partial charge on any atom is 0.262 e. The lowest BCUT2D eigenvalue weighted by molar-refractivity contribution is -0.145. The predicted octanol–water partition coefficient (Wildman–Crippen LogP) is 3.77. The number of benzene rings is 2. The molecular weight excluding hydrogens is 471 g/mol. The van der Waals surface area contributed by atoms with Gasteiger partial charge in [-0.15, -0.1) is 0 Å². The SMILES string of the molecule is Cc1ccc([C@H]2CC(c3ccc(F)cc3)=NN2C(=O)CN(CCN2CCOCC2)C(=O)C2CCC2)cc1. The minimum absolute atomic E-state index is 0.00221. The van der Waals surface area contributed by atoms with Gasteiger partial charge in [-0.3, -0.25) is 14.5 Å². The molecule has 0 N–H and O–H groups in total. The van der Waals surface area contributed by atoms with Crippen molar-refractivity contribution in [3.8, 4) is 0 Å². The third-order valence-corrected chi connectivity index (χ3v) is 7.69. The number of amides is 2. The van der Waals surface area contributed by atoms with Crippen molar-refractivity contribution in [1.82, 2.24) is 14.8 Å². The van der Waals surface area contributed by atoms with Crippen LogP contribution in [0.4, 0.5) is 4.39 Å². The van der Waals surface area contributed by atoms with Crippen molar-refractivity contribution >= 4 is 17.5 Å². The zero-order valence-corrected chi connectivity index (χ0v) is 21.4. The molecule has 1 atom stereocenters. The topological polar surface area (TPSA) is 65.5 Å². The average Bonchev–Trinajstić information content (AvgIpc) is 3.32. The lowest BCUT2D eigenvalue weighted by Crippen LogP contribution is -2.49. The van der Waals surface area contributed by atoms with Crippen LogP contribution in [-0.4, -0.2) is 78.3 Å². The molecule has 5 rings (SSSR count). The molecule has 7 nitrogen and oxygen atoms in total. The van der Waals surface area contributed by atoms with Gasteiger partial charge in [-0.05, 0) is 43.0 Å². The van der Waals surface area contributed by atoms with Gasteiger partial charge in [0.15, 0.2) is 0 Å². The molecule has 37 heavy (non-hydrogen) atoms. The summed E-state index contributed by atoms with van der Waals surface area (Å²) in [7, 11) is 0. The van der Waals surface area contributed by atoms with Gasteiger partial charge >= 0.3 is 0 Å². The summed E-state index contributed by atoms with van der Waals surface area (Å²) in [5.74, 6) is -0.419. The molecule has 1 saturated carbocycles. The van der Waals surface area contributed by atoms with Gasteiger partial charge in [-0.25, -0.2) is 9.40 Å². The highest BCUT2D eigenvalue weighted by atomic mass is 19.1. The number of hydrogen-bond donors (Lipinski definition) is 0. The van der Waals surface area contributed by atoms with Gasteiger partial charge in [0.05, 0.1) is 25.0 Å². The van der Waals surface area contributed by atoms with Crippen LogP contribution in [0.25, 0.3) is 0 Å². The minimum atomic E-state index is -0.309. The Morgan fingerprint density at radius 1 is 1.05 bits per heavy atom. The zero-order chi connectivity index (χ0) is 25.8. The van der Waals surface area contributed by atoms with Crippen molar-refractivity contribution in [3.05, 3.63) is 71.0 Å². The molecule has 196 valence electrons.